The molecule has 0 saturated heterocycles. The minimum Gasteiger partial charge on any atom is -0.350 e. The number of nitrogens with zero attached hydrogens (tertiary/aromatic N) is 2. The molecule has 1 amide bonds. The molecule has 0 fully saturated rings. The highest BCUT2D eigenvalue weighted by molar-refractivity contribution is 9.10. The molecule has 0 aliphatic carbocycles. The van der Waals surface area contributed by atoms with Gasteiger partial charge in [-0.1, -0.05) is 17.7 Å². The Kier molecular flexibility index (Phi) is 4.55. The normalized spacial score (nSPS) is 10.5. The van der Waals surface area contributed by atoms with Crippen molar-refractivity contribution in [3.63, 3.8) is 0 Å². The van der Waals surface area contributed by atoms with Crippen molar-refractivity contribution in [1.82, 2.24) is 15.1 Å². The molecule has 0 aliphatic rings. The summed E-state index contributed by atoms with van der Waals surface area (Å²) >= 11 is 9.07. The maximum Gasteiger partial charge on any atom is 0.255 e. The van der Waals surface area contributed by atoms with Crippen LogP contribution in [0.15, 0.2) is 35.1 Å². The molecular weight excluding hydrogens is 337 g/mol. The second-order valence-corrected chi connectivity index (χ2v) is 5.10. The number of carbonyl (C=O) groups is 1. The van der Waals surface area contributed by atoms with E-state index < -0.39 is 11.7 Å². The minimum absolute atomic E-state index is 0.0966. The first kappa shape index (κ1) is 14.0. The van der Waals surface area contributed by atoms with Crippen molar-refractivity contribution in [2.45, 2.75) is 6.54 Å². The second-order valence-electron chi connectivity index (χ2n) is 3.77. The van der Waals surface area contributed by atoms with E-state index in [0.29, 0.717) is 13.1 Å². The summed E-state index contributed by atoms with van der Waals surface area (Å²) in [6.45, 7) is 0.820. The quantitative estimate of drug-likeness (QED) is 0.925. The fraction of sp³-hybridized carbons (Fsp3) is 0.167. The van der Waals surface area contributed by atoms with Gasteiger partial charge in [0.2, 0.25) is 0 Å². The molecule has 2 aromatic rings. The molecular formula is C12H10BrClFN3O. The Morgan fingerprint density at radius 2 is 2.32 bits per heavy atom. The number of nitrogens with one attached hydrogen (secondary N) is 1. The van der Waals surface area contributed by atoms with Crippen LogP contribution in [0, 0.1) is 5.82 Å². The summed E-state index contributed by atoms with van der Waals surface area (Å²) in [5.74, 6) is -1.17. The molecule has 1 N–H and O–H groups in total. The van der Waals surface area contributed by atoms with Crippen LogP contribution in [-0.4, -0.2) is 22.2 Å². The summed E-state index contributed by atoms with van der Waals surface area (Å²) in [7, 11) is 0. The average Bonchev–Trinajstić information content (AvgIpc) is 2.75. The Labute approximate surface area is 122 Å². The van der Waals surface area contributed by atoms with E-state index in [0.717, 1.165) is 4.47 Å². The van der Waals surface area contributed by atoms with Gasteiger partial charge in [-0.2, -0.15) is 5.10 Å². The van der Waals surface area contributed by atoms with Gasteiger partial charge in [0.1, 0.15) is 5.82 Å². The minimum atomic E-state index is -0.633. The highest BCUT2D eigenvalue weighted by atomic mass is 79.9. The molecule has 1 heterocycles. The Balaban J connectivity index is 1.94. The number of aromatic nitrogens is 2. The Morgan fingerprint density at radius 1 is 1.53 bits per heavy atom. The molecule has 100 valence electrons. The lowest BCUT2D eigenvalue weighted by Crippen LogP contribution is -2.28. The summed E-state index contributed by atoms with van der Waals surface area (Å²) in [5.41, 5.74) is -0.134. The van der Waals surface area contributed by atoms with Crippen LogP contribution in [0.4, 0.5) is 4.39 Å². The second kappa shape index (κ2) is 6.16. The van der Waals surface area contributed by atoms with Crippen LogP contribution in [0.2, 0.25) is 5.02 Å². The lowest BCUT2D eigenvalue weighted by Gasteiger charge is -2.07. The highest BCUT2D eigenvalue weighted by Gasteiger charge is 2.14. The maximum atomic E-state index is 13.5. The fourth-order valence-corrected chi connectivity index (χ4v) is 2.12. The molecule has 0 aliphatic heterocycles. The summed E-state index contributed by atoms with van der Waals surface area (Å²) in [6.07, 6.45) is 3.43. The molecule has 4 nitrogen and oxygen atoms in total. The van der Waals surface area contributed by atoms with E-state index in [-0.39, 0.29) is 10.6 Å². The molecule has 0 saturated carbocycles. The maximum absolute atomic E-state index is 13.5. The van der Waals surface area contributed by atoms with E-state index >= 15 is 0 Å². The van der Waals surface area contributed by atoms with Gasteiger partial charge in [0.15, 0.2) is 0 Å². The van der Waals surface area contributed by atoms with Crippen molar-refractivity contribution in [3.8, 4) is 0 Å². The lowest BCUT2D eigenvalue weighted by atomic mass is 10.2. The zero-order valence-electron chi connectivity index (χ0n) is 9.74. The third-order valence-electron chi connectivity index (χ3n) is 2.42. The number of benzene rings is 1. The van der Waals surface area contributed by atoms with Gasteiger partial charge < -0.3 is 5.32 Å². The van der Waals surface area contributed by atoms with Gasteiger partial charge in [-0.3, -0.25) is 9.48 Å². The third kappa shape index (κ3) is 3.54. The Hall–Kier alpha value is -1.40. The monoisotopic (exact) mass is 345 g/mol. The molecule has 2 rings (SSSR count). The summed E-state index contributed by atoms with van der Waals surface area (Å²) in [5, 5.41) is 6.73. The highest BCUT2D eigenvalue weighted by Crippen LogP contribution is 2.18. The van der Waals surface area contributed by atoms with Crippen LogP contribution < -0.4 is 5.32 Å². The molecule has 7 heteroatoms. The predicted octanol–water partition coefficient (Wildman–Crippen LogP) is 2.87. The molecule has 0 atom stereocenters. The van der Waals surface area contributed by atoms with Crippen LogP contribution >= 0.6 is 27.5 Å². The number of hydrogen-bond donors (Lipinski definition) is 1. The van der Waals surface area contributed by atoms with Crippen molar-refractivity contribution in [3.05, 3.63) is 51.5 Å². The standard InChI is InChI=1S/C12H10BrClFN3O/c13-8-6-17-18(7-8)5-4-16-12(19)11-9(14)2-1-3-10(11)15/h1-3,6-7H,4-5H2,(H,16,19). The van der Waals surface area contributed by atoms with Crippen molar-refractivity contribution >= 4 is 33.4 Å². The number of carbonyl (C=O) groups excluding carboxylic acids is 1. The number of halogens is 3. The third-order valence-corrected chi connectivity index (χ3v) is 3.14. The van der Waals surface area contributed by atoms with Crippen LogP contribution in [-0.2, 0) is 6.54 Å². The smallest absolute Gasteiger partial charge is 0.255 e. The van der Waals surface area contributed by atoms with E-state index in [2.05, 4.69) is 26.3 Å². The number of amides is 1. The number of hydrogen-bond acceptors (Lipinski definition) is 2. The van der Waals surface area contributed by atoms with Gasteiger partial charge in [0, 0.05) is 12.7 Å². The van der Waals surface area contributed by atoms with Gasteiger partial charge in [0.05, 0.1) is 27.8 Å². The zero-order valence-corrected chi connectivity index (χ0v) is 12.1. The lowest BCUT2D eigenvalue weighted by molar-refractivity contribution is 0.0948. The average molecular weight is 347 g/mol. The van der Waals surface area contributed by atoms with E-state index in [1.54, 1.807) is 17.1 Å². The first-order valence-corrected chi connectivity index (χ1v) is 6.65. The SMILES string of the molecule is O=C(NCCn1cc(Br)cn1)c1c(F)cccc1Cl. The fourth-order valence-electron chi connectivity index (χ4n) is 1.55. The van der Waals surface area contributed by atoms with Gasteiger partial charge in [-0.15, -0.1) is 0 Å². The van der Waals surface area contributed by atoms with Crippen molar-refractivity contribution in [1.29, 1.82) is 0 Å². The van der Waals surface area contributed by atoms with Crippen molar-refractivity contribution in [2.24, 2.45) is 0 Å². The Morgan fingerprint density at radius 3 is 2.95 bits per heavy atom. The van der Waals surface area contributed by atoms with Gasteiger partial charge >= 0.3 is 0 Å². The number of rotatable bonds is 4. The van der Waals surface area contributed by atoms with Gasteiger partial charge in [-0.25, -0.2) is 4.39 Å². The topological polar surface area (TPSA) is 46.9 Å². The molecule has 1 aromatic carbocycles. The van der Waals surface area contributed by atoms with E-state index in [1.807, 2.05) is 0 Å². The van der Waals surface area contributed by atoms with Crippen LogP contribution in [0.25, 0.3) is 0 Å². The van der Waals surface area contributed by atoms with Crippen LogP contribution in [0.5, 0.6) is 0 Å². The van der Waals surface area contributed by atoms with Crippen molar-refractivity contribution in [2.75, 3.05) is 6.54 Å². The molecule has 1 aromatic heterocycles. The van der Waals surface area contributed by atoms with Crippen molar-refractivity contribution < 1.29 is 9.18 Å². The molecule has 0 spiro atoms. The van der Waals surface area contributed by atoms with E-state index in [1.165, 1.54) is 18.2 Å². The predicted molar refractivity (Wildman–Crippen MR) is 73.7 cm³/mol. The van der Waals surface area contributed by atoms with Crippen LogP contribution in [0.1, 0.15) is 10.4 Å². The Bertz CT molecular complexity index is 582. The largest absolute Gasteiger partial charge is 0.350 e. The molecule has 19 heavy (non-hydrogen) atoms. The summed E-state index contributed by atoms with van der Waals surface area (Å²) < 4.78 is 16.0. The molecule has 0 bridgehead atoms. The molecule has 0 unspecified atom stereocenters. The van der Waals surface area contributed by atoms with E-state index in [9.17, 15) is 9.18 Å². The van der Waals surface area contributed by atoms with Gasteiger partial charge in [0.25, 0.3) is 5.91 Å². The van der Waals surface area contributed by atoms with E-state index in [4.69, 9.17) is 11.6 Å². The van der Waals surface area contributed by atoms with Gasteiger partial charge in [-0.05, 0) is 28.1 Å². The summed E-state index contributed by atoms with van der Waals surface area (Å²) in [6, 6.07) is 4.13. The first-order chi connectivity index (χ1) is 9.08. The van der Waals surface area contributed by atoms with Crippen LogP contribution in [0.3, 0.4) is 0 Å². The zero-order chi connectivity index (χ0) is 13.8. The first-order valence-electron chi connectivity index (χ1n) is 5.48. The molecule has 0 radical (unpaired) electrons. The summed E-state index contributed by atoms with van der Waals surface area (Å²) in [4.78, 5) is 11.8.